The van der Waals surface area contributed by atoms with Crippen molar-refractivity contribution in [3.8, 4) is 0 Å². The van der Waals surface area contributed by atoms with Crippen LogP contribution in [0.1, 0.15) is 13.3 Å². The Labute approximate surface area is 72.7 Å². The Bertz CT molecular complexity index is 135. The number of rotatable bonds is 4. The topological polar surface area (TPSA) is 50.4 Å². The fourth-order valence-corrected chi connectivity index (χ4v) is 1.45. The van der Waals surface area contributed by atoms with Crippen molar-refractivity contribution in [3.63, 3.8) is 0 Å². The molecule has 0 aromatic rings. The molecule has 4 heteroatoms. The minimum atomic E-state index is -0.0460. The van der Waals surface area contributed by atoms with Crippen LogP contribution < -0.4 is 10.6 Å². The lowest BCUT2D eigenvalue weighted by Gasteiger charge is -2.29. The molecule has 4 nitrogen and oxygen atoms in total. The molecule has 0 aliphatic carbocycles. The molecular formula is C8H15N2O2. The number of nitrogens with one attached hydrogen (secondary N) is 2. The fourth-order valence-electron chi connectivity index (χ4n) is 1.45. The number of ether oxygens (including phenoxy) is 1. The Morgan fingerprint density at radius 3 is 3.00 bits per heavy atom. The standard InChI is InChI=1S/C8H15N2O2/c1-2-8(12-6-11)7-5-9-3-4-10-7/h7-10H,2-5H2,1H3. The molecule has 1 aliphatic rings. The molecule has 1 heterocycles. The largest absolute Gasteiger partial charge is 0.452 e. The third kappa shape index (κ3) is 2.46. The molecule has 1 rings (SSSR count). The Morgan fingerprint density at radius 1 is 1.67 bits per heavy atom. The summed E-state index contributed by atoms with van der Waals surface area (Å²) in [6, 6.07) is 0.241. The van der Waals surface area contributed by atoms with E-state index in [0.29, 0.717) is 0 Å². The zero-order valence-electron chi connectivity index (χ0n) is 7.30. The number of hydrogen-bond acceptors (Lipinski definition) is 4. The highest BCUT2D eigenvalue weighted by Gasteiger charge is 2.22. The van der Waals surface area contributed by atoms with Crippen LogP contribution in [0.3, 0.4) is 0 Å². The molecule has 69 valence electrons. The summed E-state index contributed by atoms with van der Waals surface area (Å²) >= 11 is 0. The molecule has 12 heavy (non-hydrogen) atoms. The normalized spacial score (nSPS) is 26.2. The van der Waals surface area contributed by atoms with E-state index in [9.17, 15) is 4.79 Å². The van der Waals surface area contributed by atoms with Crippen LogP contribution in [0, 0.1) is 0 Å². The summed E-state index contributed by atoms with van der Waals surface area (Å²) in [7, 11) is 0. The van der Waals surface area contributed by atoms with Gasteiger partial charge in [-0.1, -0.05) is 6.92 Å². The van der Waals surface area contributed by atoms with E-state index in [2.05, 4.69) is 10.6 Å². The molecule has 0 amide bonds. The molecule has 1 radical (unpaired) electrons. The van der Waals surface area contributed by atoms with Crippen LogP contribution in [0.4, 0.5) is 0 Å². The first-order valence-corrected chi connectivity index (χ1v) is 4.35. The van der Waals surface area contributed by atoms with E-state index < -0.39 is 0 Å². The lowest BCUT2D eigenvalue weighted by atomic mass is 10.1. The second-order valence-electron chi connectivity index (χ2n) is 2.91. The molecule has 2 N–H and O–H groups in total. The highest BCUT2D eigenvalue weighted by Crippen LogP contribution is 2.04. The summed E-state index contributed by atoms with van der Waals surface area (Å²) in [4.78, 5) is 10.0. The van der Waals surface area contributed by atoms with Crippen molar-refractivity contribution in [1.29, 1.82) is 0 Å². The van der Waals surface area contributed by atoms with Crippen LogP contribution >= 0.6 is 0 Å². The van der Waals surface area contributed by atoms with Gasteiger partial charge >= 0.3 is 6.47 Å². The lowest BCUT2D eigenvalue weighted by Crippen LogP contribution is -2.54. The van der Waals surface area contributed by atoms with E-state index in [1.165, 1.54) is 6.47 Å². The van der Waals surface area contributed by atoms with Crippen molar-refractivity contribution in [2.45, 2.75) is 25.5 Å². The number of piperazine rings is 1. The minimum absolute atomic E-state index is 0.0460. The first-order valence-electron chi connectivity index (χ1n) is 4.35. The fraction of sp³-hybridized carbons (Fsp3) is 0.875. The molecule has 1 saturated heterocycles. The van der Waals surface area contributed by atoms with Gasteiger partial charge in [-0.25, -0.2) is 4.79 Å². The predicted molar refractivity (Wildman–Crippen MR) is 45.5 cm³/mol. The summed E-state index contributed by atoms with van der Waals surface area (Å²) in [5.41, 5.74) is 0. The lowest BCUT2D eigenvalue weighted by molar-refractivity contribution is 0.121. The van der Waals surface area contributed by atoms with Gasteiger partial charge in [0.1, 0.15) is 6.10 Å². The van der Waals surface area contributed by atoms with Crippen molar-refractivity contribution in [2.24, 2.45) is 0 Å². The zero-order chi connectivity index (χ0) is 8.81. The Kier molecular flexibility index (Phi) is 4.04. The van der Waals surface area contributed by atoms with Crippen molar-refractivity contribution in [2.75, 3.05) is 19.6 Å². The van der Waals surface area contributed by atoms with Crippen molar-refractivity contribution in [3.05, 3.63) is 0 Å². The second-order valence-corrected chi connectivity index (χ2v) is 2.91. The molecule has 2 atom stereocenters. The monoisotopic (exact) mass is 171 g/mol. The number of hydrogen-bond donors (Lipinski definition) is 2. The van der Waals surface area contributed by atoms with Crippen molar-refractivity contribution >= 4 is 6.47 Å². The predicted octanol–water partition coefficient (Wildman–Crippen LogP) is -0.590. The molecule has 2 unspecified atom stereocenters. The third-order valence-electron chi connectivity index (χ3n) is 2.12. The van der Waals surface area contributed by atoms with Gasteiger partial charge in [-0.15, -0.1) is 0 Å². The Morgan fingerprint density at radius 2 is 2.50 bits per heavy atom. The summed E-state index contributed by atoms with van der Waals surface area (Å²) in [6.45, 7) is 6.28. The Balaban J connectivity index is 2.34. The van der Waals surface area contributed by atoms with Crippen molar-refractivity contribution < 1.29 is 9.53 Å². The summed E-state index contributed by atoms with van der Waals surface area (Å²) in [6.07, 6.45) is 0.782. The maximum Gasteiger partial charge on any atom is 0.417 e. The van der Waals surface area contributed by atoms with E-state index in [4.69, 9.17) is 4.74 Å². The van der Waals surface area contributed by atoms with Crippen molar-refractivity contribution in [1.82, 2.24) is 10.6 Å². The molecular weight excluding hydrogens is 156 g/mol. The molecule has 0 spiro atoms. The van der Waals surface area contributed by atoms with Gasteiger partial charge < -0.3 is 15.4 Å². The van der Waals surface area contributed by atoms with Gasteiger partial charge in [0.15, 0.2) is 0 Å². The highest BCUT2D eigenvalue weighted by atomic mass is 16.5. The smallest absolute Gasteiger partial charge is 0.417 e. The summed E-state index contributed by atoms with van der Waals surface area (Å²) in [5, 5.41) is 6.52. The Hall–Kier alpha value is -0.610. The van der Waals surface area contributed by atoms with Crippen LogP contribution in [-0.4, -0.2) is 38.3 Å². The van der Waals surface area contributed by atoms with Crippen LogP contribution in [0.15, 0.2) is 0 Å². The average Bonchev–Trinajstić information content (AvgIpc) is 2.15. The third-order valence-corrected chi connectivity index (χ3v) is 2.12. The maximum absolute atomic E-state index is 10.0. The van der Waals surface area contributed by atoms with E-state index in [-0.39, 0.29) is 12.1 Å². The molecule has 0 bridgehead atoms. The molecule has 0 saturated carbocycles. The van der Waals surface area contributed by atoms with E-state index in [1.807, 2.05) is 6.92 Å². The van der Waals surface area contributed by atoms with Gasteiger partial charge in [-0.2, -0.15) is 0 Å². The first-order chi connectivity index (χ1) is 5.88. The van der Waals surface area contributed by atoms with Crippen LogP contribution in [0.2, 0.25) is 0 Å². The van der Waals surface area contributed by atoms with Gasteiger partial charge in [-0.05, 0) is 6.42 Å². The molecule has 1 fully saturated rings. The SMILES string of the molecule is CCC(O[C]=O)C1CNCCN1. The quantitative estimate of drug-likeness (QED) is 0.593. The van der Waals surface area contributed by atoms with Crippen LogP contribution in [0.5, 0.6) is 0 Å². The van der Waals surface area contributed by atoms with E-state index in [1.54, 1.807) is 0 Å². The molecule has 1 aliphatic heterocycles. The van der Waals surface area contributed by atoms with Crippen LogP contribution in [0.25, 0.3) is 0 Å². The van der Waals surface area contributed by atoms with Gasteiger partial charge in [-0.3, -0.25) is 0 Å². The second kappa shape index (κ2) is 5.11. The molecule has 0 aromatic heterocycles. The summed E-state index contributed by atoms with van der Waals surface area (Å²) < 4.78 is 4.82. The van der Waals surface area contributed by atoms with E-state index >= 15 is 0 Å². The van der Waals surface area contributed by atoms with Gasteiger partial charge in [0.25, 0.3) is 0 Å². The first kappa shape index (κ1) is 9.48. The summed E-state index contributed by atoms with van der Waals surface area (Å²) in [5.74, 6) is 0. The van der Waals surface area contributed by atoms with Crippen LogP contribution in [-0.2, 0) is 9.53 Å². The van der Waals surface area contributed by atoms with E-state index in [0.717, 1.165) is 26.1 Å². The van der Waals surface area contributed by atoms with Gasteiger partial charge in [0, 0.05) is 19.6 Å². The minimum Gasteiger partial charge on any atom is -0.452 e. The highest BCUT2D eigenvalue weighted by molar-refractivity contribution is 5.38. The average molecular weight is 171 g/mol. The maximum atomic E-state index is 10.0. The zero-order valence-corrected chi connectivity index (χ0v) is 7.30. The van der Waals surface area contributed by atoms with Gasteiger partial charge in [0.2, 0.25) is 0 Å². The molecule has 0 aromatic carbocycles. The van der Waals surface area contributed by atoms with Gasteiger partial charge in [0.05, 0.1) is 6.04 Å². The number of carbonyl (C=O) groups excluding carboxylic acids is 1.